The number of rotatable bonds is 9. The Morgan fingerprint density at radius 2 is 2.21 bits per heavy atom. The van der Waals surface area contributed by atoms with Crippen LogP contribution in [0.3, 0.4) is 0 Å². The fourth-order valence-corrected chi connectivity index (χ4v) is 4.52. The minimum absolute atomic E-state index is 0.0186. The predicted octanol–water partition coefficient (Wildman–Crippen LogP) is 5.00. The SMILES string of the molecule is CC/C=C(\C)CC(=O)Nc1cc(C2CC(COc3nscc3C3CC3)C2)[nH]n1. The van der Waals surface area contributed by atoms with Crippen LogP contribution in [0, 0.1) is 5.92 Å². The molecule has 4 rings (SSSR count). The van der Waals surface area contributed by atoms with Crippen molar-refractivity contribution in [3.05, 3.63) is 34.4 Å². The second kappa shape index (κ2) is 8.47. The van der Waals surface area contributed by atoms with Gasteiger partial charge in [-0.1, -0.05) is 18.6 Å². The molecule has 2 heterocycles. The summed E-state index contributed by atoms with van der Waals surface area (Å²) < 4.78 is 10.4. The molecule has 1 amide bonds. The van der Waals surface area contributed by atoms with Crippen LogP contribution in [0.15, 0.2) is 23.1 Å². The lowest BCUT2D eigenvalue weighted by Gasteiger charge is -2.34. The topological polar surface area (TPSA) is 79.9 Å². The molecule has 2 aromatic heterocycles. The van der Waals surface area contributed by atoms with Crippen molar-refractivity contribution in [2.75, 3.05) is 11.9 Å². The summed E-state index contributed by atoms with van der Waals surface area (Å²) in [5.41, 5.74) is 3.49. The minimum Gasteiger partial charge on any atom is -0.477 e. The normalized spacial score (nSPS) is 22.0. The Balaban J connectivity index is 1.21. The Morgan fingerprint density at radius 3 is 2.96 bits per heavy atom. The molecule has 7 heteroatoms. The molecule has 0 aromatic carbocycles. The highest BCUT2D eigenvalue weighted by atomic mass is 32.1. The number of aromatic nitrogens is 3. The molecule has 2 saturated carbocycles. The van der Waals surface area contributed by atoms with Crippen molar-refractivity contribution in [2.45, 2.75) is 64.2 Å². The summed E-state index contributed by atoms with van der Waals surface area (Å²) >= 11 is 1.50. The highest BCUT2D eigenvalue weighted by Crippen LogP contribution is 2.46. The van der Waals surface area contributed by atoms with E-state index in [-0.39, 0.29) is 5.91 Å². The first-order valence-electron chi connectivity index (χ1n) is 10.2. The Labute approximate surface area is 169 Å². The zero-order chi connectivity index (χ0) is 19.5. The summed E-state index contributed by atoms with van der Waals surface area (Å²) in [6.45, 7) is 4.79. The van der Waals surface area contributed by atoms with Gasteiger partial charge in [0.25, 0.3) is 0 Å². The van der Waals surface area contributed by atoms with Crippen molar-refractivity contribution < 1.29 is 9.53 Å². The summed E-state index contributed by atoms with van der Waals surface area (Å²) in [5.74, 6) is 3.15. The second-order valence-electron chi connectivity index (χ2n) is 8.09. The molecule has 2 N–H and O–H groups in total. The third kappa shape index (κ3) is 4.63. The van der Waals surface area contributed by atoms with E-state index in [0.29, 0.717) is 30.0 Å². The third-order valence-corrected chi connectivity index (χ3v) is 6.20. The zero-order valence-electron chi connectivity index (χ0n) is 16.5. The summed E-state index contributed by atoms with van der Waals surface area (Å²) in [7, 11) is 0. The summed E-state index contributed by atoms with van der Waals surface area (Å²) in [4.78, 5) is 12.1. The average Bonchev–Trinajstić information content (AvgIpc) is 3.18. The fraction of sp³-hybridized carbons (Fsp3) is 0.571. The first-order chi connectivity index (χ1) is 13.6. The molecule has 0 radical (unpaired) electrons. The van der Waals surface area contributed by atoms with Crippen molar-refractivity contribution in [3.8, 4) is 5.88 Å². The summed E-state index contributed by atoms with van der Waals surface area (Å²) in [6, 6.07) is 1.96. The van der Waals surface area contributed by atoms with Gasteiger partial charge < -0.3 is 10.1 Å². The number of aromatic amines is 1. The summed E-state index contributed by atoms with van der Waals surface area (Å²) in [6.07, 6.45) is 8.14. The van der Waals surface area contributed by atoms with Gasteiger partial charge in [-0.3, -0.25) is 9.89 Å². The number of H-pyrrole nitrogens is 1. The fourth-order valence-electron chi connectivity index (χ4n) is 3.80. The first-order valence-corrected chi connectivity index (χ1v) is 11.0. The smallest absolute Gasteiger partial charge is 0.229 e. The van der Waals surface area contributed by atoms with Gasteiger partial charge in [-0.25, -0.2) is 0 Å². The number of anilines is 1. The van der Waals surface area contributed by atoms with Gasteiger partial charge in [0.1, 0.15) is 0 Å². The zero-order valence-corrected chi connectivity index (χ0v) is 17.3. The van der Waals surface area contributed by atoms with Crippen LogP contribution in [-0.2, 0) is 4.79 Å². The van der Waals surface area contributed by atoms with Crippen molar-refractivity contribution in [2.24, 2.45) is 5.92 Å². The maximum Gasteiger partial charge on any atom is 0.229 e. The second-order valence-corrected chi connectivity index (χ2v) is 8.72. The number of nitrogens with zero attached hydrogens (tertiary/aromatic N) is 2. The molecule has 150 valence electrons. The van der Waals surface area contributed by atoms with Gasteiger partial charge in [-0.05, 0) is 62.4 Å². The van der Waals surface area contributed by atoms with Gasteiger partial charge in [0.05, 0.1) is 6.61 Å². The Bertz CT molecular complexity index is 846. The maximum atomic E-state index is 12.1. The quantitative estimate of drug-likeness (QED) is 0.581. The monoisotopic (exact) mass is 400 g/mol. The third-order valence-electron chi connectivity index (χ3n) is 5.57. The van der Waals surface area contributed by atoms with E-state index >= 15 is 0 Å². The van der Waals surface area contributed by atoms with Gasteiger partial charge >= 0.3 is 0 Å². The molecule has 2 aliphatic rings. The molecule has 0 unspecified atom stereocenters. The van der Waals surface area contributed by atoms with Crippen molar-refractivity contribution in [1.29, 1.82) is 0 Å². The minimum atomic E-state index is -0.0186. The van der Waals surface area contributed by atoms with Gasteiger partial charge in [-0.2, -0.15) is 9.47 Å². The van der Waals surface area contributed by atoms with Crippen LogP contribution >= 0.6 is 11.5 Å². The average molecular weight is 401 g/mol. The molecular weight excluding hydrogens is 372 g/mol. The van der Waals surface area contributed by atoms with Crippen LogP contribution in [0.5, 0.6) is 5.88 Å². The van der Waals surface area contributed by atoms with Crippen molar-refractivity contribution in [1.82, 2.24) is 14.6 Å². The lowest BCUT2D eigenvalue weighted by molar-refractivity contribution is -0.115. The first kappa shape index (κ1) is 19.2. The Kier molecular flexibility index (Phi) is 5.80. The highest BCUT2D eigenvalue weighted by molar-refractivity contribution is 7.03. The molecule has 2 aliphatic carbocycles. The lowest BCUT2D eigenvalue weighted by Crippen LogP contribution is -2.27. The van der Waals surface area contributed by atoms with E-state index in [1.54, 1.807) is 0 Å². The van der Waals surface area contributed by atoms with E-state index in [9.17, 15) is 4.79 Å². The maximum absolute atomic E-state index is 12.1. The largest absolute Gasteiger partial charge is 0.477 e. The number of amides is 1. The molecule has 0 aliphatic heterocycles. The van der Waals surface area contributed by atoms with E-state index in [1.165, 1.54) is 29.9 Å². The molecule has 28 heavy (non-hydrogen) atoms. The number of ether oxygens (including phenoxy) is 1. The van der Waals surface area contributed by atoms with E-state index in [0.717, 1.165) is 43.0 Å². The summed E-state index contributed by atoms with van der Waals surface area (Å²) in [5, 5.41) is 12.3. The van der Waals surface area contributed by atoms with E-state index in [1.807, 2.05) is 13.0 Å². The number of hydrogen-bond donors (Lipinski definition) is 2. The molecular formula is C21H28N4O2S. The molecule has 2 fully saturated rings. The van der Waals surface area contributed by atoms with Crippen LogP contribution in [-0.4, -0.2) is 27.1 Å². The van der Waals surface area contributed by atoms with Gasteiger partial charge in [0.2, 0.25) is 11.8 Å². The van der Waals surface area contributed by atoms with E-state index in [4.69, 9.17) is 4.74 Å². The lowest BCUT2D eigenvalue weighted by atomic mass is 9.74. The van der Waals surface area contributed by atoms with Crippen LogP contribution in [0.1, 0.15) is 75.5 Å². The van der Waals surface area contributed by atoms with Crippen LogP contribution in [0.4, 0.5) is 5.82 Å². The predicted molar refractivity (Wildman–Crippen MR) is 111 cm³/mol. The number of carbonyl (C=O) groups is 1. The molecule has 6 nitrogen and oxygen atoms in total. The van der Waals surface area contributed by atoms with E-state index < -0.39 is 0 Å². The van der Waals surface area contributed by atoms with Crippen molar-refractivity contribution >= 4 is 23.3 Å². The Hall–Kier alpha value is -2.15. The number of nitrogens with one attached hydrogen (secondary N) is 2. The standard InChI is InChI=1S/C21H28N4O2S/c1-3-4-13(2)7-20(26)22-19-10-18(23-24-19)16-8-14(9-16)11-27-21-17(12-28-25-21)15-5-6-15/h4,10,12,14-16H,3,5-9,11H2,1-2H3,(H2,22,23,24,26)/b13-4+. The van der Waals surface area contributed by atoms with Crippen molar-refractivity contribution in [3.63, 3.8) is 0 Å². The van der Waals surface area contributed by atoms with E-state index in [2.05, 4.69) is 38.3 Å². The Morgan fingerprint density at radius 1 is 1.39 bits per heavy atom. The molecule has 0 spiro atoms. The molecule has 0 saturated heterocycles. The van der Waals surface area contributed by atoms with Gasteiger partial charge in [0.15, 0.2) is 5.82 Å². The van der Waals surface area contributed by atoms with Crippen LogP contribution < -0.4 is 10.1 Å². The number of allylic oxidation sites excluding steroid dienone is 1. The number of hydrogen-bond acceptors (Lipinski definition) is 5. The van der Waals surface area contributed by atoms with Crippen LogP contribution in [0.2, 0.25) is 0 Å². The van der Waals surface area contributed by atoms with Gasteiger partial charge in [0, 0.05) is 35.0 Å². The molecule has 0 bridgehead atoms. The van der Waals surface area contributed by atoms with Gasteiger partial charge in [-0.15, -0.1) is 0 Å². The van der Waals surface area contributed by atoms with Crippen LogP contribution in [0.25, 0.3) is 0 Å². The molecule has 0 atom stereocenters. The highest BCUT2D eigenvalue weighted by Gasteiger charge is 2.33. The number of carbonyl (C=O) groups excluding carboxylic acids is 1. The molecule has 2 aromatic rings.